The lowest BCUT2D eigenvalue weighted by Gasteiger charge is -2.18. The van der Waals surface area contributed by atoms with Crippen molar-refractivity contribution < 1.29 is 4.39 Å². The second-order valence-electron chi connectivity index (χ2n) is 4.40. The van der Waals surface area contributed by atoms with Gasteiger partial charge in [0.1, 0.15) is 11.6 Å². The second kappa shape index (κ2) is 4.38. The smallest absolute Gasteiger partial charge is 0.132 e. The lowest BCUT2D eigenvalue weighted by Crippen LogP contribution is -2.15. The van der Waals surface area contributed by atoms with Crippen LogP contribution in [0.1, 0.15) is 11.1 Å². The average molecular weight is 243 g/mol. The van der Waals surface area contributed by atoms with Crippen molar-refractivity contribution in [1.82, 2.24) is 4.98 Å². The molecule has 0 atom stereocenters. The van der Waals surface area contributed by atoms with Crippen LogP contribution < -0.4 is 10.6 Å². The van der Waals surface area contributed by atoms with E-state index < -0.39 is 0 Å². The summed E-state index contributed by atoms with van der Waals surface area (Å²) >= 11 is 0. The van der Waals surface area contributed by atoms with Crippen molar-refractivity contribution in [2.45, 2.75) is 13.0 Å². The number of pyridine rings is 1. The van der Waals surface area contributed by atoms with Crippen LogP contribution in [0, 0.1) is 5.82 Å². The molecule has 0 bridgehead atoms. The molecule has 1 aliphatic heterocycles. The van der Waals surface area contributed by atoms with E-state index >= 15 is 0 Å². The topological polar surface area (TPSA) is 42.1 Å². The van der Waals surface area contributed by atoms with Gasteiger partial charge in [-0.25, -0.2) is 9.37 Å². The van der Waals surface area contributed by atoms with E-state index in [2.05, 4.69) is 4.98 Å². The minimum Gasteiger partial charge on any atom is -0.326 e. The molecule has 2 N–H and O–H groups in total. The monoisotopic (exact) mass is 243 g/mol. The largest absolute Gasteiger partial charge is 0.326 e. The van der Waals surface area contributed by atoms with Gasteiger partial charge in [-0.05, 0) is 35.7 Å². The molecule has 0 fully saturated rings. The Balaban J connectivity index is 1.97. The van der Waals surface area contributed by atoms with Gasteiger partial charge >= 0.3 is 0 Å². The molecule has 1 aromatic heterocycles. The van der Waals surface area contributed by atoms with Gasteiger partial charge in [0.05, 0.1) is 0 Å². The van der Waals surface area contributed by atoms with Gasteiger partial charge in [-0.2, -0.15) is 0 Å². The van der Waals surface area contributed by atoms with E-state index in [1.54, 1.807) is 12.3 Å². The Labute approximate surface area is 105 Å². The van der Waals surface area contributed by atoms with Crippen LogP contribution in [0.2, 0.25) is 0 Å². The molecule has 4 heteroatoms. The average Bonchev–Trinajstić information content (AvgIpc) is 2.82. The van der Waals surface area contributed by atoms with Crippen molar-refractivity contribution in [3.8, 4) is 0 Å². The minimum absolute atomic E-state index is 0.209. The van der Waals surface area contributed by atoms with E-state index in [1.807, 2.05) is 23.1 Å². The molecular weight excluding hydrogens is 229 g/mol. The third kappa shape index (κ3) is 1.84. The van der Waals surface area contributed by atoms with Crippen LogP contribution >= 0.6 is 0 Å². The van der Waals surface area contributed by atoms with E-state index in [9.17, 15) is 4.39 Å². The molecule has 0 aliphatic carbocycles. The van der Waals surface area contributed by atoms with Crippen molar-refractivity contribution in [3.05, 3.63) is 53.5 Å². The summed E-state index contributed by atoms with van der Waals surface area (Å²) in [5.41, 5.74) is 8.63. The van der Waals surface area contributed by atoms with Gasteiger partial charge in [-0.1, -0.05) is 12.1 Å². The van der Waals surface area contributed by atoms with Crippen molar-refractivity contribution in [2.75, 3.05) is 11.4 Å². The van der Waals surface area contributed by atoms with E-state index in [-0.39, 0.29) is 5.82 Å². The summed E-state index contributed by atoms with van der Waals surface area (Å²) in [5, 5.41) is 0. The lowest BCUT2D eigenvalue weighted by molar-refractivity contribution is 0.628. The van der Waals surface area contributed by atoms with Crippen LogP contribution in [0.15, 0.2) is 36.5 Å². The predicted octanol–water partition coefficient (Wildman–Crippen LogP) is 2.37. The number of hydrogen-bond donors (Lipinski definition) is 1. The Hall–Kier alpha value is -1.94. The molecule has 1 aromatic carbocycles. The first kappa shape index (κ1) is 11.2. The number of halogens is 1. The SMILES string of the molecule is NCc1ccc(N2CCc3ccc(F)cc32)nc1. The number of nitrogens with two attached hydrogens (primary N) is 1. The van der Waals surface area contributed by atoms with Gasteiger partial charge in [0.2, 0.25) is 0 Å². The molecule has 0 unspecified atom stereocenters. The fourth-order valence-electron chi connectivity index (χ4n) is 2.29. The summed E-state index contributed by atoms with van der Waals surface area (Å²) < 4.78 is 13.3. The lowest BCUT2D eigenvalue weighted by atomic mass is 10.2. The zero-order valence-electron chi connectivity index (χ0n) is 9.94. The Morgan fingerprint density at radius 1 is 1.28 bits per heavy atom. The number of benzene rings is 1. The van der Waals surface area contributed by atoms with Gasteiger partial charge in [0, 0.05) is 25.0 Å². The molecular formula is C14H14FN3. The van der Waals surface area contributed by atoms with Gasteiger partial charge in [0.25, 0.3) is 0 Å². The normalized spacial score (nSPS) is 13.8. The Kier molecular flexibility index (Phi) is 2.72. The molecule has 92 valence electrons. The number of rotatable bonds is 2. The fourth-order valence-corrected chi connectivity index (χ4v) is 2.29. The summed E-state index contributed by atoms with van der Waals surface area (Å²) in [5.74, 6) is 0.635. The fraction of sp³-hybridized carbons (Fsp3) is 0.214. The number of nitrogens with zero attached hydrogens (tertiary/aromatic N) is 2. The molecule has 1 aliphatic rings. The molecule has 0 amide bonds. The first-order valence-corrected chi connectivity index (χ1v) is 5.99. The zero-order valence-corrected chi connectivity index (χ0v) is 9.94. The van der Waals surface area contributed by atoms with E-state index in [0.29, 0.717) is 6.54 Å². The summed E-state index contributed by atoms with van der Waals surface area (Å²) in [4.78, 5) is 6.42. The highest BCUT2D eigenvalue weighted by Crippen LogP contribution is 2.33. The van der Waals surface area contributed by atoms with Crippen LogP contribution in [0.3, 0.4) is 0 Å². The molecule has 0 saturated heterocycles. The van der Waals surface area contributed by atoms with E-state index in [4.69, 9.17) is 5.73 Å². The van der Waals surface area contributed by atoms with E-state index in [0.717, 1.165) is 30.0 Å². The van der Waals surface area contributed by atoms with Gasteiger partial charge in [0.15, 0.2) is 0 Å². The molecule has 2 aromatic rings. The number of anilines is 2. The van der Waals surface area contributed by atoms with Gasteiger partial charge in [-0.3, -0.25) is 0 Å². The van der Waals surface area contributed by atoms with Crippen LogP contribution in [0.25, 0.3) is 0 Å². The third-order valence-electron chi connectivity index (χ3n) is 3.26. The molecule has 0 radical (unpaired) electrons. The summed E-state index contributed by atoms with van der Waals surface area (Å²) in [6.45, 7) is 1.33. The molecule has 18 heavy (non-hydrogen) atoms. The highest BCUT2D eigenvalue weighted by molar-refractivity contribution is 5.67. The quantitative estimate of drug-likeness (QED) is 0.880. The second-order valence-corrected chi connectivity index (χ2v) is 4.40. The summed E-state index contributed by atoms with van der Waals surface area (Å²) in [7, 11) is 0. The first-order chi connectivity index (χ1) is 8.78. The molecule has 0 spiro atoms. The van der Waals surface area contributed by atoms with Crippen LogP contribution in [-0.4, -0.2) is 11.5 Å². The van der Waals surface area contributed by atoms with Crippen molar-refractivity contribution >= 4 is 11.5 Å². The Bertz CT molecular complexity index is 566. The van der Waals surface area contributed by atoms with Crippen molar-refractivity contribution in [3.63, 3.8) is 0 Å². The first-order valence-electron chi connectivity index (χ1n) is 5.99. The predicted molar refractivity (Wildman–Crippen MR) is 69.2 cm³/mol. The molecule has 2 heterocycles. The zero-order chi connectivity index (χ0) is 12.5. The third-order valence-corrected chi connectivity index (χ3v) is 3.26. The highest BCUT2D eigenvalue weighted by atomic mass is 19.1. The summed E-state index contributed by atoms with van der Waals surface area (Å²) in [6.07, 6.45) is 2.70. The summed E-state index contributed by atoms with van der Waals surface area (Å²) in [6, 6.07) is 8.81. The van der Waals surface area contributed by atoms with Crippen molar-refractivity contribution in [2.24, 2.45) is 5.73 Å². The number of fused-ring (bicyclic) bond motifs is 1. The molecule has 0 saturated carbocycles. The van der Waals surface area contributed by atoms with Gasteiger partial charge in [-0.15, -0.1) is 0 Å². The molecule has 3 rings (SSSR count). The number of hydrogen-bond acceptors (Lipinski definition) is 3. The Morgan fingerprint density at radius 3 is 2.89 bits per heavy atom. The highest BCUT2D eigenvalue weighted by Gasteiger charge is 2.21. The molecule has 3 nitrogen and oxygen atoms in total. The maximum Gasteiger partial charge on any atom is 0.132 e. The standard InChI is InChI=1S/C14H14FN3/c15-12-3-2-11-5-6-18(13(11)7-12)14-4-1-10(8-16)9-17-14/h1-4,7,9H,5-6,8,16H2. The van der Waals surface area contributed by atoms with E-state index in [1.165, 1.54) is 11.6 Å². The van der Waals surface area contributed by atoms with Gasteiger partial charge < -0.3 is 10.6 Å². The maximum absolute atomic E-state index is 13.3. The van der Waals surface area contributed by atoms with Crippen LogP contribution in [0.4, 0.5) is 15.9 Å². The Morgan fingerprint density at radius 2 is 2.17 bits per heavy atom. The van der Waals surface area contributed by atoms with Crippen LogP contribution in [-0.2, 0) is 13.0 Å². The van der Waals surface area contributed by atoms with Crippen molar-refractivity contribution in [1.29, 1.82) is 0 Å². The minimum atomic E-state index is -0.209. The maximum atomic E-state index is 13.3. The van der Waals surface area contributed by atoms with Crippen LogP contribution in [0.5, 0.6) is 0 Å². The number of aromatic nitrogens is 1.